The maximum Gasteiger partial charge on any atom is 3.00 e. The van der Waals surface area contributed by atoms with E-state index in [0.717, 1.165) is 0 Å². The number of rotatable bonds is 28. The first-order valence-electron chi connectivity index (χ1n) is 34.8. The molecule has 7 rings (SSSR count). The molecule has 1 fully saturated rings. The molecule has 6 aliphatic rings. The predicted octanol–water partition coefficient (Wildman–Crippen LogP) is 12.8. The summed E-state index contributed by atoms with van der Waals surface area (Å²) >= 11 is 0. The van der Waals surface area contributed by atoms with Gasteiger partial charge in [-0.25, -0.2) is 0 Å². The molecular formula is C75H104CoN7O15. The summed E-state index contributed by atoms with van der Waals surface area (Å²) in [5.74, 6) is -6.45. The number of esters is 7. The van der Waals surface area contributed by atoms with Crippen LogP contribution in [0.2, 0.25) is 0 Å². The summed E-state index contributed by atoms with van der Waals surface area (Å²) in [5.41, 5.74) is -0.375. The van der Waals surface area contributed by atoms with Gasteiger partial charge >= 0.3 is 58.6 Å². The molecule has 1 N–H and O–H groups in total. The van der Waals surface area contributed by atoms with Crippen LogP contribution in [0.25, 0.3) is 5.32 Å². The molecule has 1 aromatic carbocycles. The third kappa shape index (κ3) is 18.9. The van der Waals surface area contributed by atoms with Crippen molar-refractivity contribution in [3.8, 4) is 0 Å². The van der Waals surface area contributed by atoms with E-state index in [1.807, 2.05) is 115 Å². The predicted molar refractivity (Wildman–Crippen MR) is 364 cm³/mol. The summed E-state index contributed by atoms with van der Waals surface area (Å²) in [7, 11) is 0. The van der Waals surface area contributed by atoms with Crippen LogP contribution in [0, 0.1) is 69.0 Å². The number of allylic oxidation sites excluding steroid dienone is 6. The van der Waals surface area contributed by atoms with Crippen LogP contribution in [-0.4, -0.2) is 123 Å². The Morgan fingerprint density at radius 2 is 1.07 bits per heavy atom. The molecule has 98 heavy (non-hydrogen) atoms. The van der Waals surface area contributed by atoms with Crippen molar-refractivity contribution >= 4 is 64.8 Å². The summed E-state index contributed by atoms with van der Waals surface area (Å²) < 4.78 is 41.3. The molecule has 22 nitrogen and oxygen atoms in total. The van der Waals surface area contributed by atoms with Crippen molar-refractivity contribution in [2.75, 3.05) is 46.2 Å². The fourth-order valence-electron chi connectivity index (χ4n) is 15.2. The normalized spacial score (nSPS) is 28.1. The van der Waals surface area contributed by atoms with Crippen LogP contribution >= 0.6 is 0 Å². The summed E-state index contributed by atoms with van der Waals surface area (Å²) in [6.07, 6.45) is 3.54. The van der Waals surface area contributed by atoms with Crippen LogP contribution in [0.15, 0.2) is 73.2 Å². The second kappa shape index (κ2) is 37.6. The molecule has 0 spiro atoms. The minimum atomic E-state index is -1.46. The SMILES string of the molecule is CCCOC(=O)CC[C@@H]1/C2=C(\C)C3=N[C@H]([C@H](CC(=O)OCCC)[C@@]3(C)CCC(=O)OCCC)[C@]3(C)[N-]\C(=C(C)/C4=N/C5=C(/NC(=O)Cc6cccc(c6)CC(=O)OCC[C@@]4(C)[C@@H]5CCC(=O)OCCC)C(=N2)C1(C)C)[C@@H](CCC(=O)OCCC)[C@]3(C)CC(=O)OCCC.[C-]#N.[C-]#N.[Co+3]. The number of nitrogens with one attached hydrogen (secondary N) is 1. The van der Waals surface area contributed by atoms with Crippen LogP contribution in [-0.2, 0) is 101 Å². The standard InChI is InChI=1S/C73H105N5O15.2CN.Co/c1-15-33-87-54(80)27-24-49-61-45(7)66-70(11,31-30-57(83)90-36-18-4)52(43-59(85)91-37-19-5)67(77-66)73(14)72(13,44-60(86)92-38-20-6)51(26-29-56(82)89-35-17-3)62(78-73)46(8)65-71(12)32-39-93-58(84)42-48-23-21-22-47(40-48)41-53(79)74-64(68(75-61)69(49,9)10)63(76-65)50(71)25-28-55(81)88-34-16-2;2*1-2;/h21-23,40,49-52,67H,15-20,24-39,41-44H2,1-14H3,(H2,74,75,76,77,78,79);;;/q;2*-1;+3/p-1/t49-,50-,51-,52+,67-,70-,71+,72+,73+;;;/m1.../s1. The average molecular weight is 1400 g/mol. The number of hydrogen-bond acceptors (Lipinski definition) is 20. The summed E-state index contributed by atoms with van der Waals surface area (Å²) in [6.45, 7) is 38.0. The molecule has 538 valence electrons. The molecule has 0 radical (unpaired) electrons. The third-order valence-electron chi connectivity index (χ3n) is 20.4. The first-order chi connectivity index (χ1) is 46.2. The minimum absolute atomic E-state index is 0. The number of nitrogens with zero attached hydrogens (tertiary/aromatic N) is 6. The molecular weight excluding hydrogens is 1300 g/mol. The molecule has 11 bridgehead atoms. The van der Waals surface area contributed by atoms with Crippen molar-refractivity contribution < 1.29 is 88.3 Å². The minimum Gasteiger partial charge on any atom is -0.680 e. The molecule has 0 aromatic heterocycles. The van der Waals surface area contributed by atoms with Gasteiger partial charge in [-0.3, -0.25) is 53.3 Å². The summed E-state index contributed by atoms with van der Waals surface area (Å²) in [6, 6.07) is 6.30. The van der Waals surface area contributed by atoms with E-state index in [1.165, 1.54) is 0 Å². The van der Waals surface area contributed by atoms with Crippen molar-refractivity contribution in [1.29, 1.82) is 10.5 Å². The number of carbonyl (C=O) groups excluding carboxylic acids is 8. The molecule has 1 aromatic rings. The topological polar surface area (TPSA) is 312 Å². The van der Waals surface area contributed by atoms with Crippen molar-refractivity contribution in [3.63, 3.8) is 0 Å². The van der Waals surface area contributed by atoms with E-state index in [9.17, 15) is 33.6 Å². The summed E-state index contributed by atoms with van der Waals surface area (Å²) in [4.78, 5) is 132. The van der Waals surface area contributed by atoms with Gasteiger partial charge in [0.25, 0.3) is 0 Å². The Morgan fingerprint density at radius 1 is 0.602 bits per heavy atom. The number of carbonyl (C=O) groups is 8. The molecule has 23 heteroatoms. The Hall–Kier alpha value is -7.50. The van der Waals surface area contributed by atoms with E-state index >= 15 is 4.79 Å². The van der Waals surface area contributed by atoms with Gasteiger partial charge in [-0.2, -0.15) is 5.70 Å². The second-order valence-corrected chi connectivity index (χ2v) is 27.6. The molecule has 1 amide bonds. The number of benzene rings is 1. The Labute approximate surface area is 590 Å². The molecule has 1 saturated heterocycles. The van der Waals surface area contributed by atoms with E-state index in [-0.39, 0.29) is 146 Å². The van der Waals surface area contributed by atoms with E-state index in [1.54, 1.807) is 6.07 Å². The van der Waals surface area contributed by atoms with Gasteiger partial charge in [-0.15, -0.1) is 0 Å². The van der Waals surface area contributed by atoms with Gasteiger partial charge in [0.15, 0.2) is 0 Å². The van der Waals surface area contributed by atoms with E-state index < -0.39 is 105 Å². The average Bonchev–Trinajstić information content (AvgIpc) is 1.53. The number of aliphatic imine (C=N–C) groups is 3. The van der Waals surface area contributed by atoms with Gasteiger partial charge in [0.2, 0.25) is 5.91 Å². The second-order valence-electron chi connectivity index (χ2n) is 27.6. The van der Waals surface area contributed by atoms with E-state index in [4.69, 9.17) is 77.1 Å². The number of hydrogen-bond donors (Lipinski definition) is 1. The first kappa shape index (κ1) is 82.9. The monoisotopic (exact) mass is 1400 g/mol. The van der Waals surface area contributed by atoms with Crippen LogP contribution < -0.4 is 5.32 Å². The summed E-state index contributed by atoms with van der Waals surface area (Å²) in [5, 5.41) is 21.9. The molecule has 0 unspecified atom stereocenters. The fourth-order valence-corrected chi connectivity index (χ4v) is 15.2. The van der Waals surface area contributed by atoms with Crippen LogP contribution in [0.1, 0.15) is 217 Å². The molecule has 6 aliphatic heterocycles. The first-order valence-corrected chi connectivity index (χ1v) is 34.8. The van der Waals surface area contributed by atoms with Crippen molar-refractivity contribution in [3.05, 3.63) is 87.8 Å². The van der Waals surface area contributed by atoms with E-state index in [2.05, 4.69) is 5.32 Å². The number of amides is 1. The van der Waals surface area contributed by atoms with Crippen LogP contribution in [0.4, 0.5) is 0 Å². The zero-order valence-corrected chi connectivity index (χ0v) is 61.3. The molecule has 6 heterocycles. The Kier molecular flexibility index (Phi) is 31.8. The molecule has 0 saturated carbocycles. The van der Waals surface area contributed by atoms with E-state index in [0.29, 0.717) is 101 Å². The molecule has 9 atom stereocenters. The Bertz CT molecular complexity index is 3280. The number of fused-ring (bicyclic) bond motifs is 10. The number of cyclic esters (lactones) is 1. The largest absolute Gasteiger partial charge is 3.00 e. The van der Waals surface area contributed by atoms with Crippen molar-refractivity contribution in [1.82, 2.24) is 5.32 Å². The number of ether oxygens (including phenoxy) is 7. The fraction of sp³-hybridized carbons (Fsp3) is 0.667. The maximum atomic E-state index is 15.3. The quantitative estimate of drug-likeness (QED) is 0.0463. The van der Waals surface area contributed by atoms with Gasteiger partial charge in [-0.05, 0) is 118 Å². The third-order valence-corrected chi connectivity index (χ3v) is 20.4. The van der Waals surface area contributed by atoms with Crippen molar-refractivity contribution in [2.24, 2.45) is 60.3 Å². The zero-order chi connectivity index (χ0) is 72.1. The Morgan fingerprint density at radius 3 is 1.60 bits per heavy atom. The zero-order valence-electron chi connectivity index (χ0n) is 60.2. The molecule has 0 aliphatic carbocycles. The Balaban J connectivity index is 0.00000400. The van der Waals surface area contributed by atoms with Gasteiger partial charge in [-0.1, -0.05) is 113 Å². The van der Waals surface area contributed by atoms with Crippen LogP contribution in [0.3, 0.4) is 0 Å². The van der Waals surface area contributed by atoms with Gasteiger partial charge < -0.3 is 67.5 Å². The van der Waals surface area contributed by atoms with Gasteiger partial charge in [0.1, 0.15) is 0 Å². The van der Waals surface area contributed by atoms with Gasteiger partial charge in [0, 0.05) is 82.8 Å². The van der Waals surface area contributed by atoms with Gasteiger partial charge in [0.05, 0.1) is 89.0 Å². The van der Waals surface area contributed by atoms with Crippen molar-refractivity contribution in [2.45, 2.75) is 231 Å². The van der Waals surface area contributed by atoms with Crippen LogP contribution in [0.5, 0.6) is 0 Å². The smallest absolute Gasteiger partial charge is 0.680 e. The maximum absolute atomic E-state index is 15.3.